The van der Waals surface area contributed by atoms with E-state index in [0.717, 1.165) is 15.9 Å². The van der Waals surface area contributed by atoms with Gasteiger partial charge in [0.1, 0.15) is 5.75 Å². The maximum Gasteiger partial charge on any atom is 0.227 e. The molecule has 0 radical (unpaired) electrons. The minimum atomic E-state index is 0.0986. The van der Waals surface area contributed by atoms with E-state index >= 15 is 0 Å². The van der Waals surface area contributed by atoms with Gasteiger partial charge in [-0.2, -0.15) is 0 Å². The number of nitrogens with zero attached hydrogens (tertiary/aromatic N) is 1. The van der Waals surface area contributed by atoms with E-state index < -0.39 is 0 Å². The molecule has 1 atom stereocenters. The van der Waals surface area contributed by atoms with Crippen LogP contribution in [0.3, 0.4) is 0 Å². The largest absolute Gasteiger partial charge is 0.497 e. The normalized spacial score (nSPS) is 18.4. The van der Waals surface area contributed by atoms with Gasteiger partial charge in [-0.15, -0.1) is 0 Å². The lowest BCUT2D eigenvalue weighted by Crippen LogP contribution is -2.25. The Morgan fingerprint density at radius 1 is 1.55 bits per heavy atom. The summed E-state index contributed by atoms with van der Waals surface area (Å²) >= 11 is 4.76. The number of methoxy groups -OCH3 is 1. The quantitative estimate of drug-likeness (QED) is 0.830. The zero-order valence-electron chi connectivity index (χ0n) is 11.4. The highest BCUT2D eigenvalue weighted by Gasteiger charge is 2.31. The van der Waals surface area contributed by atoms with E-state index in [0.29, 0.717) is 18.7 Å². The second kappa shape index (κ2) is 6.63. The lowest BCUT2D eigenvalue weighted by Gasteiger charge is -2.18. The fourth-order valence-corrected chi connectivity index (χ4v) is 3.46. The van der Waals surface area contributed by atoms with Crippen LogP contribution in [-0.4, -0.2) is 30.4 Å². The Kier molecular flexibility index (Phi) is 5.10. The zero-order valence-corrected chi connectivity index (χ0v) is 13.8. The molecule has 1 unspecified atom stereocenters. The molecule has 1 aliphatic heterocycles. The van der Waals surface area contributed by atoms with Gasteiger partial charge >= 0.3 is 0 Å². The van der Waals surface area contributed by atoms with Crippen molar-refractivity contribution in [1.29, 1.82) is 0 Å². The summed E-state index contributed by atoms with van der Waals surface area (Å²) in [6.07, 6.45) is 0.499. The molecule has 0 saturated carbocycles. The summed E-state index contributed by atoms with van der Waals surface area (Å²) in [6, 6.07) is 5.56. The molecule has 0 aromatic heterocycles. The van der Waals surface area contributed by atoms with Crippen molar-refractivity contribution in [3.05, 3.63) is 22.7 Å². The van der Waals surface area contributed by atoms with E-state index in [9.17, 15) is 9.59 Å². The topological polar surface area (TPSA) is 46.6 Å². The third-order valence-electron chi connectivity index (χ3n) is 3.17. The number of carbonyl (C=O) groups excluding carboxylic acids is 2. The van der Waals surface area contributed by atoms with Crippen molar-refractivity contribution >= 4 is 44.4 Å². The molecule has 1 aromatic carbocycles. The molecule has 0 aliphatic carbocycles. The highest BCUT2D eigenvalue weighted by molar-refractivity contribution is 9.10. The molecular weight excluding hydrogens is 342 g/mol. The number of ether oxygens (including phenoxy) is 1. The lowest BCUT2D eigenvalue weighted by molar-refractivity contribution is -0.117. The van der Waals surface area contributed by atoms with Gasteiger partial charge in [0.05, 0.1) is 12.8 Å². The number of rotatable bonds is 4. The van der Waals surface area contributed by atoms with Crippen molar-refractivity contribution < 1.29 is 14.3 Å². The summed E-state index contributed by atoms with van der Waals surface area (Å²) in [5.41, 5.74) is 0.853. The number of thioether (sulfide) groups is 1. The van der Waals surface area contributed by atoms with Gasteiger partial charge in [0.2, 0.25) is 5.91 Å². The minimum absolute atomic E-state index is 0.0986. The first-order chi connectivity index (χ1) is 9.51. The zero-order chi connectivity index (χ0) is 14.7. The molecule has 0 bridgehead atoms. The summed E-state index contributed by atoms with van der Waals surface area (Å²) in [5.74, 6) is 1.78. The molecule has 1 heterocycles. The van der Waals surface area contributed by atoms with Gasteiger partial charge < -0.3 is 9.64 Å². The SMILES string of the molecule is COc1ccc(N2CC(CSC(C)=O)CC2=O)c(Br)c1. The minimum Gasteiger partial charge on any atom is -0.497 e. The molecule has 0 spiro atoms. The lowest BCUT2D eigenvalue weighted by atomic mass is 10.1. The molecule has 6 heteroatoms. The van der Waals surface area contributed by atoms with Crippen LogP contribution in [0.2, 0.25) is 0 Å². The van der Waals surface area contributed by atoms with Crippen LogP contribution in [-0.2, 0) is 9.59 Å². The van der Waals surface area contributed by atoms with Gasteiger partial charge in [0.15, 0.2) is 5.12 Å². The van der Waals surface area contributed by atoms with Gasteiger partial charge in [0, 0.05) is 30.1 Å². The molecule has 1 aromatic rings. The van der Waals surface area contributed by atoms with E-state index in [4.69, 9.17) is 4.74 Å². The summed E-state index contributed by atoms with van der Waals surface area (Å²) in [7, 11) is 1.61. The summed E-state index contributed by atoms with van der Waals surface area (Å²) < 4.78 is 5.99. The predicted molar refractivity (Wildman–Crippen MR) is 84.3 cm³/mol. The van der Waals surface area contributed by atoms with Gasteiger partial charge in [-0.05, 0) is 40.0 Å². The van der Waals surface area contributed by atoms with Crippen LogP contribution >= 0.6 is 27.7 Å². The standard InChI is InChI=1S/C14H16BrNO3S/c1-9(17)20-8-10-5-14(18)16(7-10)13-4-3-11(19-2)6-12(13)15/h3-4,6,10H,5,7-8H2,1-2H3. The Morgan fingerprint density at radius 3 is 2.90 bits per heavy atom. The highest BCUT2D eigenvalue weighted by atomic mass is 79.9. The van der Waals surface area contributed by atoms with Crippen molar-refractivity contribution in [1.82, 2.24) is 0 Å². The fraction of sp³-hybridized carbons (Fsp3) is 0.429. The fourth-order valence-electron chi connectivity index (χ4n) is 2.19. The average Bonchev–Trinajstić information content (AvgIpc) is 2.77. The van der Waals surface area contributed by atoms with Crippen molar-refractivity contribution in [2.45, 2.75) is 13.3 Å². The Bertz CT molecular complexity index is 535. The molecule has 20 heavy (non-hydrogen) atoms. The van der Waals surface area contributed by atoms with Crippen LogP contribution in [0.1, 0.15) is 13.3 Å². The van der Waals surface area contributed by atoms with Crippen LogP contribution in [0.5, 0.6) is 5.75 Å². The second-order valence-corrected chi connectivity index (χ2v) is 6.75. The third kappa shape index (κ3) is 3.55. The van der Waals surface area contributed by atoms with Crippen molar-refractivity contribution in [3.63, 3.8) is 0 Å². The molecule has 1 amide bonds. The van der Waals surface area contributed by atoms with Crippen LogP contribution in [0, 0.1) is 5.92 Å². The molecule has 1 aliphatic rings. The van der Waals surface area contributed by atoms with Crippen LogP contribution in [0.25, 0.3) is 0 Å². The van der Waals surface area contributed by atoms with E-state index in [1.54, 1.807) is 18.9 Å². The van der Waals surface area contributed by atoms with Crippen LogP contribution in [0.4, 0.5) is 5.69 Å². The average molecular weight is 358 g/mol. The second-order valence-electron chi connectivity index (χ2n) is 4.69. The first-order valence-corrected chi connectivity index (χ1v) is 8.06. The monoisotopic (exact) mass is 357 g/mol. The van der Waals surface area contributed by atoms with Crippen molar-refractivity contribution in [3.8, 4) is 5.75 Å². The smallest absolute Gasteiger partial charge is 0.227 e. The number of benzene rings is 1. The number of halogens is 1. The first-order valence-electron chi connectivity index (χ1n) is 6.28. The van der Waals surface area contributed by atoms with E-state index in [1.165, 1.54) is 11.8 Å². The van der Waals surface area contributed by atoms with E-state index in [2.05, 4.69) is 15.9 Å². The van der Waals surface area contributed by atoms with Gasteiger partial charge in [-0.25, -0.2) is 0 Å². The molecule has 2 rings (SSSR count). The van der Waals surface area contributed by atoms with Crippen LogP contribution in [0.15, 0.2) is 22.7 Å². The highest BCUT2D eigenvalue weighted by Crippen LogP contribution is 2.34. The molecular formula is C14H16BrNO3S. The molecule has 1 fully saturated rings. The molecule has 0 N–H and O–H groups in total. The number of hydrogen-bond acceptors (Lipinski definition) is 4. The van der Waals surface area contributed by atoms with Crippen molar-refractivity contribution in [2.24, 2.45) is 5.92 Å². The van der Waals surface area contributed by atoms with E-state index in [-0.39, 0.29) is 16.9 Å². The number of anilines is 1. The van der Waals surface area contributed by atoms with Crippen LogP contribution < -0.4 is 9.64 Å². The summed E-state index contributed by atoms with van der Waals surface area (Å²) in [4.78, 5) is 24.9. The van der Waals surface area contributed by atoms with Crippen molar-refractivity contribution in [2.75, 3.05) is 24.3 Å². The molecule has 1 saturated heterocycles. The third-order valence-corrected chi connectivity index (χ3v) is 4.85. The Balaban J connectivity index is 2.09. The summed E-state index contributed by atoms with van der Waals surface area (Å²) in [6.45, 7) is 2.21. The maximum absolute atomic E-state index is 12.1. The Labute approximate surface area is 131 Å². The number of carbonyl (C=O) groups is 2. The maximum atomic E-state index is 12.1. The summed E-state index contributed by atoms with van der Waals surface area (Å²) in [5, 5.41) is 0.0986. The van der Waals surface area contributed by atoms with Gasteiger partial charge in [-0.1, -0.05) is 11.8 Å². The van der Waals surface area contributed by atoms with Gasteiger partial charge in [0.25, 0.3) is 0 Å². The first kappa shape index (κ1) is 15.4. The Hall–Kier alpha value is -1.01. The molecule has 4 nitrogen and oxygen atoms in total. The molecule has 108 valence electrons. The Morgan fingerprint density at radius 2 is 2.30 bits per heavy atom. The number of amides is 1. The van der Waals surface area contributed by atoms with Gasteiger partial charge in [-0.3, -0.25) is 9.59 Å². The number of hydrogen-bond donors (Lipinski definition) is 0. The predicted octanol–water partition coefficient (Wildman–Crippen LogP) is 3.09. The van der Waals surface area contributed by atoms with E-state index in [1.807, 2.05) is 18.2 Å².